The Bertz CT molecular complexity index is 1390. The monoisotopic (exact) mass is 635 g/mol. The van der Waals surface area contributed by atoms with Crippen molar-refractivity contribution in [3.63, 3.8) is 0 Å². The lowest BCUT2D eigenvalue weighted by molar-refractivity contribution is -0.160. The third-order valence-electron chi connectivity index (χ3n) is 10.3. The molecular weight excluding hydrogens is 582 g/mol. The maximum absolute atomic E-state index is 15.0. The third-order valence-corrected chi connectivity index (χ3v) is 10.3. The highest BCUT2D eigenvalue weighted by molar-refractivity contribution is 6.04. The van der Waals surface area contributed by atoms with Crippen LogP contribution in [0, 0.1) is 23.2 Å². The maximum atomic E-state index is 15.0. The van der Waals surface area contributed by atoms with E-state index in [9.17, 15) is 14.7 Å². The molecule has 4 heterocycles. The second-order valence-electron chi connectivity index (χ2n) is 15.5. The Morgan fingerprint density at radius 1 is 0.935 bits per heavy atom. The molecule has 9 heteroatoms. The predicted octanol–water partition coefficient (Wildman–Crippen LogP) is 4.98. The van der Waals surface area contributed by atoms with Gasteiger partial charge in [-0.1, -0.05) is 65.8 Å². The van der Waals surface area contributed by atoms with Gasteiger partial charge in [0.2, 0.25) is 17.7 Å². The number of likely N-dealkylation sites (tertiary alicyclic amines) is 1. The van der Waals surface area contributed by atoms with Crippen molar-refractivity contribution in [2.75, 3.05) is 31.2 Å². The van der Waals surface area contributed by atoms with Gasteiger partial charge in [0.1, 0.15) is 17.4 Å². The van der Waals surface area contributed by atoms with Gasteiger partial charge in [-0.05, 0) is 69.2 Å². The van der Waals surface area contributed by atoms with Crippen LogP contribution < -0.4 is 9.64 Å². The van der Waals surface area contributed by atoms with E-state index in [0.717, 1.165) is 6.42 Å². The number of carbonyl (C=O) groups excluding carboxylic acids is 3. The SMILES string of the molecule is CCOc1ccc(N2CC=C[C@@]3(CC)O[C@]45C=CCN(C(C)(C)CC(C)(C)C)C(=O)C4N([C@@H](CO)C(C)C)C(=O)[C@@H]5[C@H]3C2=O)cc1. The van der Waals surface area contributed by atoms with Gasteiger partial charge in [0.05, 0.1) is 36.7 Å². The van der Waals surface area contributed by atoms with Crippen LogP contribution in [0.3, 0.4) is 0 Å². The predicted molar refractivity (Wildman–Crippen MR) is 178 cm³/mol. The first kappa shape index (κ1) is 34.2. The van der Waals surface area contributed by atoms with Crippen molar-refractivity contribution < 1.29 is 29.0 Å². The Balaban J connectivity index is 1.66. The van der Waals surface area contributed by atoms with E-state index >= 15 is 4.79 Å². The van der Waals surface area contributed by atoms with Gasteiger partial charge < -0.3 is 29.3 Å². The minimum Gasteiger partial charge on any atom is -0.494 e. The van der Waals surface area contributed by atoms with Crippen LogP contribution in [0.15, 0.2) is 48.6 Å². The molecule has 0 aliphatic carbocycles. The molecule has 0 radical (unpaired) electrons. The van der Waals surface area contributed by atoms with Crippen LogP contribution in [-0.2, 0) is 19.1 Å². The number of hydrogen-bond acceptors (Lipinski definition) is 6. The Kier molecular flexibility index (Phi) is 9.01. The number of rotatable bonds is 9. The highest BCUT2D eigenvalue weighted by Crippen LogP contribution is 2.59. The smallest absolute Gasteiger partial charge is 0.249 e. The fraction of sp³-hybridized carbons (Fsp3) is 0.649. The molecule has 1 aromatic rings. The number of amides is 3. The van der Waals surface area contributed by atoms with Gasteiger partial charge in [-0.2, -0.15) is 0 Å². The van der Waals surface area contributed by atoms with Crippen molar-refractivity contribution in [2.45, 2.75) is 104 Å². The van der Waals surface area contributed by atoms with E-state index in [4.69, 9.17) is 9.47 Å². The molecule has 0 bridgehead atoms. The minimum absolute atomic E-state index is 0.0539. The van der Waals surface area contributed by atoms with Crippen LogP contribution in [0.1, 0.15) is 75.2 Å². The summed E-state index contributed by atoms with van der Waals surface area (Å²) in [7, 11) is 0. The summed E-state index contributed by atoms with van der Waals surface area (Å²) in [5, 5.41) is 10.7. The first-order valence-electron chi connectivity index (χ1n) is 16.9. The van der Waals surface area contributed by atoms with Gasteiger partial charge in [-0.25, -0.2) is 0 Å². The normalized spacial score (nSPS) is 30.4. The fourth-order valence-corrected chi connectivity index (χ4v) is 8.74. The summed E-state index contributed by atoms with van der Waals surface area (Å²) in [4.78, 5) is 49.9. The summed E-state index contributed by atoms with van der Waals surface area (Å²) < 4.78 is 12.8. The van der Waals surface area contributed by atoms with Crippen LogP contribution in [0.5, 0.6) is 5.75 Å². The number of ether oxygens (including phenoxy) is 2. The van der Waals surface area contributed by atoms with E-state index in [0.29, 0.717) is 37.6 Å². The molecule has 2 fully saturated rings. The number of carbonyl (C=O) groups is 3. The van der Waals surface area contributed by atoms with Gasteiger partial charge in [0.15, 0.2) is 0 Å². The largest absolute Gasteiger partial charge is 0.494 e. The molecule has 1 N–H and O–H groups in total. The van der Waals surface area contributed by atoms with E-state index in [1.54, 1.807) is 9.80 Å². The number of anilines is 1. The lowest BCUT2D eigenvalue weighted by atomic mass is 9.72. The van der Waals surface area contributed by atoms with Crippen molar-refractivity contribution in [3.05, 3.63) is 48.6 Å². The number of hydrogen-bond donors (Lipinski definition) is 1. The van der Waals surface area contributed by atoms with Crippen molar-refractivity contribution in [1.29, 1.82) is 0 Å². The second kappa shape index (κ2) is 12.1. The molecule has 4 aliphatic heterocycles. The van der Waals surface area contributed by atoms with Crippen LogP contribution in [-0.4, -0.2) is 87.8 Å². The average molecular weight is 636 g/mol. The standard InChI is InChI=1S/C37H53N3O6/c1-10-36-18-12-20-38(25-14-16-26(17-15-25)45-11-2)31(42)28(36)29-32(43)40(27(22-41)24(3)4)30-33(44)39(21-13-19-37(29,30)46-36)35(8,9)23-34(5,6)7/h12-19,24,27-30,41H,10-11,20-23H2,1-9H3/t27-,28-,29-,30?,36+,37-/m0/s1. The summed E-state index contributed by atoms with van der Waals surface area (Å²) in [5.41, 5.74) is -2.36. The van der Waals surface area contributed by atoms with Crippen molar-refractivity contribution in [2.24, 2.45) is 23.2 Å². The number of benzene rings is 1. The van der Waals surface area contributed by atoms with E-state index < -0.39 is 40.7 Å². The fourth-order valence-electron chi connectivity index (χ4n) is 8.74. The molecule has 0 aromatic heterocycles. The van der Waals surface area contributed by atoms with E-state index in [1.807, 2.05) is 81.2 Å². The van der Waals surface area contributed by atoms with Gasteiger partial charge in [-0.15, -0.1) is 0 Å². The minimum atomic E-state index is -1.38. The number of fused-ring (bicyclic) bond motifs is 2. The number of aliphatic hydroxyl groups is 1. The molecule has 1 unspecified atom stereocenters. The molecule has 46 heavy (non-hydrogen) atoms. The lowest BCUT2D eigenvalue weighted by Gasteiger charge is -2.46. The summed E-state index contributed by atoms with van der Waals surface area (Å²) >= 11 is 0. The number of aliphatic hydroxyl groups excluding tert-OH is 1. The quantitative estimate of drug-likeness (QED) is 0.385. The van der Waals surface area contributed by atoms with Crippen LogP contribution in [0.2, 0.25) is 0 Å². The Labute approximate surface area is 274 Å². The topological polar surface area (TPSA) is 99.6 Å². The van der Waals surface area contributed by atoms with Crippen molar-refractivity contribution in [3.8, 4) is 5.75 Å². The zero-order chi connectivity index (χ0) is 33.8. The molecule has 0 saturated carbocycles. The summed E-state index contributed by atoms with van der Waals surface area (Å²) in [6.07, 6.45) is 8.92. The molecule has 5 rings (SSSR count). The van der Waals surface area contributed by atoms with Crippen LogP contribution in [0.25, 0.3) is 0 Å². The zero-order valence-corrected chi connectivity index (χ0v) is 29.1. The Hall–Kier alpha value is -3.17. The maximum Gasteiger partial charge on any atom is 0.249 e. The third kappa shape index (κ3) is 5.47. The molecule has 252 valence electrons. The Morgan fingerprint density at radius 2 is 1.59 bits per heavy atom. The summed E-state index contributed by atoms with van der Waals surface area (Å²) in [5.74, 6) is -1.99. The van der Waals surface area contributed by atoms with Crippen molar-refractivity contribution in [1.82, 2.24) is 9.80 Å². The second-order valence-corrected chi connectivity index (χ2v) is 15.5. The molecule has 1 spiro atoms. The lowest BCUT2D eigenvalue weighted by Crippen LogP contribution is -2.62. The highest BCUT2D eigenvalue weighted by Gasteiger charge is 2.76. The Morgan fingerprint density at radius 3 is 2.15 bits per heavy atom. The zero-order valence-electron chi connectivity index (χ0n) is 29.1. The van der Waals surface area contributed by atoms with Gasteiger partial charge in [0, 0.05) is 24.3 Å². The van der Waals surface area contributed by atoms with Crippen LogP contribution in [0.4, 0.5) is 5.69 Å². The molecule has 9 nitrogen and oxygen atoms in total. The molecule has 2 saturated heterocycles. The van der Waals surface area contributed by atoms with Gasteiger partial charge >= 0.3 is 0 Å². The number of nitrogens with zero attached hydrogens (tertiary/aromatic N) is 3. The molecule has 4 aliphatic rings. The summed E-state index contributed by atoms with van der Waals surface area (Å²) in [6.45, 7) is 19.3. The van der Waals surface area contributed by atoms with Gasteiger partial charge in [0.25, 0.3) is 0 Å². The molecule has 6 atom stereocenters. The molecular formula is C37H53N3O6. The average Bonchev–Trinajstić information content (AvgIpc) is 3.25. The highest BCUT2D eigenvalue weighted by atomic mass is 16.5. The van der Waals surface area contributed by atoms with E-state index in [1.165, 1.54) is 0 Å². The molecule has 1 aromatic carbocycles. The molecule has 3 amide bonds. The first-order chi connectivity index (χ1) is 21.6. The first-order valence-corrected chi connectivity index (χ1v) is 16.9. The van der Waals surface area contributed by atoms with E-state index in [2.05, 4.69) is 34.6 Å². The van der Waals surface area contributed by atoms with Crippen LogP contribution >= 0.6 is 0 Å². The van der Waals surface area contributed by atoms with E-state index in [-0.39, 0.29) is 35.7 Å². The van der Waals surface area contributed by atoms with Crippen molar-refractivity contribution >= 4 is 23.4 Å². The van der Waals surface area contributed by atoms with Gasteiger partial charge in [-0.3, -0.25) is 14.4 Å². The summed E-state index contributed by atoms with van der Waals surface area (Å²) in [6, 6.07) is 5.75.